The fraction of sp³-hybridized carbons (Fsp3) is 0.0588. The van der Waals surface area contributed by atoms with Crippen molar-refractivity contribution in [1.29, 1.82) is 0 Å². The molecule has 1 nitrogen and oxygen atoms in total. The lowest BCUT2D eigenvalue weighted by molar-refractivity contribution is 0.209. The molecule has 0 amide bonds. The van der Waals surface area contributed by atoms with Crippen molar-refractivity contribution in [1.82, 2.24) is 0 Å². The van der Waals surface area contributed by atoms with Crippen LogP contribution in [-0.4, -0.2) is 5.11 Å². The van der Waals surface area contributed by atoms with Crippen LogP contribution in [0.3, 0.4) is 0 Å². The molecule has 0 spiro atoms. The molecule has 1 unspecified atom stereocenters. The quantitative estimate of drug-likeness (QED) is 0.740. The second-order valence-electron chi connectivity index (χ2n) is 4.64. The molecule has 1 atom stereocenters. The highest BCUT2D eigenvalue weighted by Gasteiger charge is 2.19. The first-order valence-electron chi connectivity index (χ1n) is 6.27. The molecule has 3 aromatic rings. The fourth-order valence-corrected chi connectivity index (χ4v) is 2.32. The Labute approximate surface area is 115 Å². The van der Waals surface area contributed by atoms with E-state index in [-0.39, 0.29) is 5.56 Å². The zero-order valence-electron chi connectivity index (χ0n) is 10.6. The van der Waals surface area contributed by atoms with Crippen LogP contribution in [0.25, 0.3) is 10.8 Å². The zero-order valence-corrected chi connectivity index (χ0v) is 10.6. The van der Waals surface area contributed by atoms with Gasteiger partial charge in [0.2, 0.25) is 0 Å². The molecule has 3 aromatic carbocycles. The predicted molar refractivity (Wildman–Crippen MR) is 74.4 cm³/mol. The summed E-state index contributed by atoms with van der Waals surface area (Å²) in [6.07, 6.45) is -1.32. The lowest BCUT2D eigenvalue weighted by Crippen LogP contribution is -2.05. The van der Waals surface area contributed by atoms with Crippen molar-refractivity contribution in [2.75, 3.05) is 0 Å². The molecule has 0 aliphatic carbocycles. The number of halogens is 2. The van der Waals surface area contributed by atoms with Gasteiger partial charge in [-0.2, -0.15) is 0 Å². The summed E-state index contributed by atoms with van der Waals surface area (Å²) in [5.41, 5.74) is 0.149. The molecular weight excluding hydrogens is 258 g/mol. The molecule has 0 heterocycles. The Morgan fingerprint density at radius 2 is 1.40 bits per heavy atom. The van der Waals surface area contributed by atoms with Gasteiger partial charge in [-0.25, -0.2) is 8.78 Å². The van der Waals surface area contributed by atoms with Crippen LogP contribution < -0.4 is 0 Å². The molecule has 0 aliphatic rings. The van der Waals surface area contributed by atoms with Gasteiger partial charge in [-0.1, -0.05) is 42.5 Å². The first kappa shape index (κ1) is 12.8. The molecule has 0 saturated heterocycles. The van der Waals surface area contributed by atoms with Crippen molar-refractivity contribution >= 4 is 10.8 Å². The van der Waals surface area contributed by atoms with E-state index in [9.17, 15) is 13.9 Å². The Kier molecular flexibility index (Phi) is 3.20. The summed E-state index contributed by atoms with van der Waals surface area (Å²) in [6.45, 7) is 0. The Morgan fingerprint density at radius 1 is 0.750 bits per heavy atom. The third-order valence-electron chi connectivity index (χ3n) is 3.36. The lowest BCUT2D eigenvalue weighted by atomic mass is 9.98. The van der Waals surface area contributed by atoms with Crippen LogP contribution in [0.5, 0.6) is 0 Å². The summed E-state index contributed by atoms with van der Waals surface area (Å²) >= 11 is 0. The Balaban J connectivity index is 2.10. The Bertz CT molecular complexity index is 748. The van der Waals surface area contributed by atoms with Gasteiger partial charge in [0.05, 0.1) is 5.56 Å². The molecule has 0 aromatic heterocycles. The molecule has 100 valence electrons. The molecule has 3 rings (SSSR count). The minimum Gasteiger partial charge on any atom is -0.383 e. The highest BCUT2D eigenvalue weighted by Crippen LogP contribution is 2.28. The number of benzene rings is 3. The summed E-state index contributed by atoms with van der Waals surface area (Å²) < 4.78 is 27.4. The maximum atomic E-state index is 13.7. The predicted octanol–water partition coefficient (Wildman–Crippen LogP) is 4.20. The van der Waals surface area contributed by atoms with Crippen LogP contribution in [0.4, 0.5) is 8.78 Å². The maximum Gasteiger partial charge on any atom is 0.132 e. The molecule has 0 aliphatic heterocycles. The molecule has 0 bridgehead atoms. The zero-order chi connectivity index (χ0) is 14.1. The van der Waals surface area contributed by atoms with E-state index in [1.165, 1.54) is 6.07 Å². The van der Waals surface area contributed by atoms with Crippen LogP contribution in [0, 0.1) is 11.6 Å². The normalized spacial score (nSPS) is 12.6. The van der Waals surface area contributed by atoms with Gasteiger partial charge in [-0.05, 0) is 34.5 Å². The van der Waals surface area contributed by atoms with Gasteiger partial charge < -0.3 is 5.11 Å². The van der Waals surface area contributed by atoms with E-state index in [2.05, 4.69) is 0 Å². The standard InChI is InChI=1S/C17H12F2O/c18-14-6-3-7-15(19)16(14)17(20)13-9-8-11-4-1-2-5-12(11)10-13/h1-10,17,20H. The minimum atomic E-state index is -1.32. The van der Waals surface area contributed by atoms with Gasteiger partial charge in [0, 0.05) is 0 Å². The van der Waals surface area contributed by atoms with E-state index < -0.39 is 17.7 Å². The summed E-state index contributed by atoms with van der Waals surface area (Å²) in [5, 5.41) is 12.2. The van der Waals surface area contributed by atoms with Crippen molar-refractivity contribution in [3.05, 3.63) is 83.4 Å². The average Bonchev–Trinajstić information content (AvgIpc) is 2.46. The van der Waals surface area contributed by atoms with Gasteiger partial charge in [-0.3, -0.25) is 0 Å². The first-order chi connectivity index (χ1) is 9.66. The summed E-state index contributed by atoms with van der Waals surface area (Å²) in [6, 6.07) is 16.4. The van der Waals surface area contributed by atoms with Crippen molar-refractivity contribution in [2.45, 2.75) is 6.10 Å². The smallest absolute Gasteiger partial charge is 0.132 e. The SMILES string of the molecule is OC(c1ccc2ccccc2c1)c1c(F)cccc1F. The van der Waals surface area contributed by atoms with Crippen molar-refractivity contribution < 1.29 is 13.9 Å². The van der Waals surface area contributed by atoms with E-state index >= 15 is 0 Å². The third-order valence-corrected chi connectivity index (χ3v) is 3.36. The molecule has 0 radical (unpaired) electrons. The Morgan fingerprint density at radius 3 is 2.10 bits per heavy atom. The number of rotatable bonds is 2. The third kappa shape index (κ3) is 2.17. The number of hydrogen-bond donors (Lipinski definition) is 1. The second kappa shape index (κ2) is 5.02. The van der Waals surface area contributed by atoms with Crippen LogP contribution in [-0.2, 0) is 0 Å². The van der Waals surface area contributed by atoms with Crippen LogP contribution in [0.15, 0.2) is 60.7 Å². The van der Waals surface area contributed by atoms with Crippen molar-refractivity contribution in [3.8, 4) is 0 Å². The first-order valence-corrected chi connectivity index (χ1v) is 6.27. The highest BCUT2D eigenvalue weighted by molar-refractivity contribution is 5.83. The van der Waals surface area contributed by atoms with E-state index in [0.717, 1.165) is 22.9 Å². The average molecular weight is 270 g/mol. The van der Waals surface area contributed by atoms with Crippen molar-refractivity contribution in [3.63, 3.8) is 0 Å². The number of aliphatic hydroxyl groups is 1. The number of aliphatic hydroxyl groups excluding tert-OH is 1. The Hall–Kier alpha value is -2.26. The number of fused-ring (bicyclic) bond motifs is 1. The van der Waals surface area contributed by atoms with E-state index in [0.29, 0.717) is 5.56 Å². The van der Waals surface area contributed by atoms with E-state index in [4.69, 9.17) is 0 Å². The minimum absolute atomic E-state index is 0.317. The molecule has 3 heteroatoms. The fourth-order valence-electron chi connectivity index (χ4n) is 2.32. The van der Waals surface area contributed by atoms with Gasteiger partial charge in [0.15, 0.2) is 0 Å². The van der Waals surface area contributed by atoms with Gasteiger partial charge in [0.25, 0.3) is 0 Å². The summed E-state index contributed by atoms with van der Waals surface area (Å²) in [4.78, 5) is 0. The van der Waals surface area contributed by atoms with Crippen LogP contribution in [0.1, 0.15) is 17.2 Å². The van der Waals surface area contributed by atoms with Gasteiger partial charge in [0.1, 0.15) is 17.7 Å². The van der Waals surface area contributed by atoms with Gasteiger partial charge in [-0.15, -0.1) is 0 Å². The summed E-state index contributed by atoms with van der Waals surface area (Å²) in [5.74, 6) is -1.49. The molecule has 1 N–H and O–H groups in total. The van der Waals surface area contributed by atoms with Gasteiger partial charge >= 0.3 is 0 Å². The topological polar surface area (TPSA) is 20.2 Å². The van der Waals surface area contributed by atoms with Crippen LogP contribution >= 0.6 is 0 Å². The second-order valence-corrected chi connectivity index (χ2v) is 4.64. The van der Waals surface area contributed by atoms with Crippen molar-refractivity contribution in [2.24, 2.45) is 0 Å². The largest absolute Gasteiger partial charge is 0.383 e. The lowest BCUT2D eigenvalue weighted by Gasteiger charge is -2.14. The molecular formula is C17H12F2O. The number of hydrogen-bond acceptors (Lipinski definition) is 1. The maximum absolute atomic E-state index is 13.7. The monoisotopic (exact) mass is 270 g/mol. The van der Waals surface area contributed by atoms with E-state index in [1.54, 1.807) is 12.1 Å². The molecule has 20 heavy (non-hydrogen) atoms. The van der Waals surface area contributed by atoms with Crippen LogP contribution in [0.2, 0.25) is 0 Å². The molecule has 0 fully saturated rings. The molecule has 0 saturated carbocycles. The highest BCUT2D eigenvalue weighted by atomic mass is 19.1. The summed E-state index contributed by atoms with van der Waals surface area (Å²) in [7, 11) is 0. The van der Waals surface area contributed by atoms with E-state index in [1.807, 2.05) is 30.3 Å².